The van der Waals surface area contributed by atoms with Crippen LogP contribution in [0.15, 0.2) is 36.4 Å². The summed E-state index contributed by atoms with van der Waals surface area (Å²) in [4.78, 5) is 11.2. The zero-order chi connectivity index (χ0) is 20.7. The molecule has 0 heterocycles. The van der Waals surface area contributed by atoms with Crippen LogP contribution in [0.1, 0.15) is 24.2 Å². The zero-order valence-corrected chi connectivity index (χ0v) is 17.1. The number of aliphatic hydroxyl groups is 1. The highest BCUT2D eigenvalue weighted by molar-refractivity contribution is 6.37. The maximum Gasteiger partial charge on any atom is 0.343 e. The largest absolute Gasteiger partial charge is 0.508 e. The van der Waals surface area contributed by atoms with Crippen LogP contribution < -0.4 is 10.1 Å². The van der Waals surface area contributed by atoms with E-state index in [0.29, 0.717) is 23.0 Å². The lowest BCUT2D eigenvalue weighted by atomic mass is 10.0. The average Bonchev–Trinajstić information content (AvgIpc) is 2.67. The SMILES string of the molecule is COC(=O)COc1c(Cl)cc(CCN[C@@H](C)[C@@H](O)c2ccc(O)cc2)cc1Cl. The molecule has 2 atom stereocenters. The zero-order valence-electron chi connectivity index (χ0n) is 15.6. The first-order chi connectivity index (χ1) is 13.3. The van der Waals surface area contributed by atoms with Gasteiger partial charge in [-0.05, 0) is 55.3 Å². The highest BCUT2D eigenvalue weighted by atomic mass is 35.5. The molecule has 0 spiro atoms. The van der Waals surface area contributed by atoms with Crippen LogP contribution in [-0.2, 0) is 16.0 Å². The fourth-order valence-electron chi connectivity index (χ4n) is 2.60. The van der Waals surface area contributed by atoms with E-state index in [1.165, 1.54) is 7.11 Å². The number of hydrogen-bond acceptors (Lipinski definition) is 6. The molecule has 0 aliphatic carbocycles. The molecule has 0 amide bonds. The number of aliphatic hydroxyl groups excluding tert-OH is 1. The molecule has 2 aromatic rings. The van der Waals surface area contributed by atoms with E-state index in [2.05, 4.69) is 10.1 Å². The molecule has 8 heteroatoms. The van der Waals surface area contributed by atoms with Crippen molar-refractivity contribution < 1.29 is 24.5 Å². The molecule has 0 bridgehead atoms. The summed E-state index contributed by atoms with van der Waals surface area (Å²) < 4.78 is 9.82. The van der Waals surface area contributed by atoms with Crippen LogP contribution in [0, 0.1) is 0 Å². The van der Waals surface area contributed by atoms with Crippen LogP contribution in [-0.4, -0.2) is 42.5 Å². The number of ether oxygens (including phenoxy) is 2. The van der Waals surface area contributed by atoms with E-state index in [0.717, 1.165) is 11.1 Å². The first-order valence-corrected chi connectivity index (χ1v) is 9.45. The maximum atomic E-state index is 11.2. The van der Waals surface area contributed by atoms with Gasteiger partial charge >= 0.3 is 5.97 Å². The number of rotatable bonds is 9. The Morgan fingerprint density at radius 2 is 1.79 bits per heavy atom. The molecule has 2 rings (SSSR count). The van der Waals surface area contributed by atoms with E-state index in [-0.39, 0.29) is 24.1 Å². The minimum Gasteiger partial charge on any atom is -0.508 e. The molecule has 152 valence electrons. The summed E-state index contributed by atoms with van der Waals surface area (Å²) in [6, 6.07) is 9.71. The number of phenolic OH excluding ortho intramolecular Hbond substituents is 1. The van der Waals surface area contributed by atoms with Crippen molar-refractivity contribution in [2.45, 2.75) is 25.5 Å². The molecule has 0 fully saturated rings. The van der Waals surface area contributed by atoms with Crippen LogP contribution >= 0.6 is 23.2 Å². The molecule has 0 radical (unpaired) electrons. The van der Waals surface area contributed by atoms with Crippen molar-refractivity contribution in [3.05, 3.63) is 57.6 Å². The second kappa shape index (κ2) is 10.5. The number of benzene rings is 2. The van der Waals surface area contributed by atoms with Crippen LogP contribution in [0.3, 0.4) is 0 Å². The monoisotopic (exact) mass is 427 g/mol. The topological polar surface area (TPSA) is 88.0 Å². The molecule has 0 unspecified atom stereocenters. The van der Waals surface area contributed by atoms with Crippen molar-refractivity contribution in [1.29, 1.82) is 0 Å². The van der Waals surface area contributed by atoms with Gasteiger partial charge in [0.05, 0.1) is 23.3 Å². The van der Waals surface area contributed by atoms with Gasteiger partial charge in [-0.15, -0.1) is 0 Å². The Morgan fingerprint density at radius 1 is 1.18 bits per heavy atom. The Kier molecular flexibility index (Phi) is 8.38. The lowest BCUT2D eigenvalue weighted by Crippen LogP contribution is -2.33. The number of carbonyl (C=O) groups is 1. The minimum absolute atomic E-state index is 0.157. The Bertz CT molecular complexity index is 775. The lowest BCUT2D eigenvalue weighted by molar-refractivity contribution is -0.142. The molecule has 0 aliphatic rings. The maximum absolute atomic E-state index is 11.2. The van der Waals surface area contributed by atoms with Crippen molar-refractivity contribution in [1.82, 2.24) is 5.32 Å². The van der Waals surface area contributed by atoms with Crippen LogP contribution in [0.5, 0.6) is 11.5 Å². The number of hydrogen-bond donors (Lipinski definition) is 3. The highest BCUT2D eigenvalue weighted by Crippen LogP contribution is 2.34. The Balaban J connectivity index is 1.90. The van der Waals surface area contributed by atoms with Crippen molar-refractivity contribution in [2.75, 3.05) is 20.3 Å². The molecule has 2 aromatic carbocycles. The normalized spacial score (nSPS) is 13.0. The molecule has 28 heavy (non-hydrogen) atoms. The summed E-state index contributed by atoms with van der Waals surface area (Å²) in [6.45, 7) is 2.19. The summed E-state index contributed by atoms with van der Waals surface area (Å²) in [5.74, 6) is -0.132. The van der Waals surface area contributed by atoms with Gasteiger partial charge in [0.15, 0.2) is 12.4 Å². The molecule has 6 nitrogen and oxygen atoms in total. The molecular weight excluding hydrogens is 405 g/mol. The van der Waals surface area contributed by atoms with E-state index in [4.69, 9.17) is 27.9 Å². The molecule has 3 N–H and O–H groups in total. The van der Waals surface area contributed by atoms with E-state index < -0.39 is 12.1 Å². The van der Waals surface area contributed by atoms with Gasteiger partial charge in [0, 0.05) is 6.04 Å². The summed E-state index contributed by atoms with van der Waals surface area (Å²) in [5.41, 5.74) is 1.61. The van der Waals surface area contributed by atoms with E-state index in [1.807, 2.05) is 6.92 Å². The van der Waals surface area contributed by atoms with E-state index >= 15 is 0 Å². The molecule has 0 saturated heterocycles. The molecule has 0 aliphatic heterocycles. The van der Waals surface area contributed by atoms with Crippen LogP contribution in [0.2, 0.25) is 10.0 Å². The smallest absolute Gasteiger partial charge is 0.343 e. The number of halogens is 2. The fourth-order valence-corrected chi connectivity index (χ4v) is 3.24. The van der Waals surface area contributed by atoms with Crippen LogP contribution in [0.25, 0.3) is 0 Å². The summed E-state index contributed by atoms with van der Waals surface area (Å²) in [5, 5.41) is 23.6. The van der Waals surface area contributed by atoms with Crippen molar-refractivity contribution in [2.24, 2.45) is 0 Å². The third-order valence-electron chi connectivity index (χ3n) is 4.21. The first kappa shape index (κ1) is 22.3. The highest BCUT2D eigenvalue weighted by Gasteiger charge is 2.16. The minimum atomic E-state index is -0.707. The second-order valence-electron chi connectivity index (χ2n) is 6.28. The van der Waals surface area contributed by atoms with Gasteiger partial charge in [-0.3, -0.25) is 0 Å². The van der Waals surface area contributed by atoms with E-state index in [1.54, 1.807) is 36.4 Å². The molecular formula is C20H23Cl2NO5. The first-order valence-electron chi connectivity index (χ1n) is 8.69. The summed E-state index contributed by atoms with van der Waals surface area (Å²) in [6.07, 6.45) is -0.0783. The Morgan fingerprint density at radius 3 is 2.36 bits per heavy atom. The quantitative estimate of drug-likeness (QED) is 0.530. The summed E-state index contributed by atoms with van der Waals surface area (Å²) in [7, 11) is 1.27. The second-order valence-corrected chi connectivity index (χ2v) is 7.10. The summed E-state index contributed by atoms with van der Waals surface area (Å²) >= 11 is 12.4. The number of carbonyl (C=O) groups excluding carboxylic acids is 1. The van der Waals surface area contributed by atoms with Gasteiger partial charge in [-0.25, -0.2) is 4.79 Å². The van der Waals surface area contributed by atoms with Crippen molar-refractivity contribution in [3.63, 3.8) is 0 Å². The number of nitrogens with one attached hydrogen (secondary N) is 1. The Hall–Kier alpha value is -1.99. The average molecular weight is 428 g/mol. The third kappa shape index (κ3) is 6.27. The van der Waals surface area contributed by atoms with Gasteiger partial charge in [0.1, 0.15) is 5.75 Å². The van der Waals surface area contributed by atoms with Gasteiger partial charge in [-0.2, -0.15) is 0 Å². The Labute approximate surface area is 174 Å². The number of methoxy groups -OCH3 is 1. The number of esters is 1. The van der Waals surface area contributed by atoms with Crippen molar-refractivity contribution in [3.8, 4) is 11.5 Å². The van der Waals surface area contributed by atoms with Crippen LogP contribution in [0.4, 0.5) is 0 Å². The van der Waals surface area contributed by atoms with Crippen molar-refractivity contribution >= 4 is 29.2 Å². The molecule has 0 aromatic heterocycles. The van der Waals surface area contributed by atoms with E-state index in [9.17, 15) is 15.0 Å². The lowest BCUT2D eigenvalue weighted by Gasteiger charge is -2.21. The third-order valence-corrected chi connectivity index (χ3v) is 4.77. The number of phenols is 1. The molecule has 0 saturated carbocycles. The predicted molar refractivity (Wildman–Crippen MR) is 108 cm³/mol. The standard InChI is InChI=1S/C20H23Cl2NO5/c1-12(19(26)14-3-5-15(24)6-4-14)23-8-7-13-9-16(21)20(17(22)10-13)28-11-18(25)27-2/h3-6,9-10,12,19,23-24,26H,7-8,11H2,1-2H3/t12-,19+/m0/s1. The van der Waals surface area contributed by atoms with Gasteiger partial charge in [0.25, 0.3) is 0 Å². The van der Waals surface area contributed by atoms with Gasteiger partial charge in [-0.1, -0.05) is 35.3 Å². The predicted octanol–water partition coefficient (Wildman–Crippen LogP) is 3.51. The van der Waals surface area contributed by atoms with Gasteiger partial charge in [0.2, 0.25) is 0 Å². The van der Waals surface area contributed by atoms with Gasteiger partial charge < -0.3 is 25.0 Å². The fraction of sp³-hybridized carbons (Fsp3) is 0.350. The number of aromatic hydroxyl groups is 1.